The van der Waals surface area contributed by atoms with E-state index < -0.39 is 0 Å². The van der Waals surface area contributed by atoms with E-state index >= 15 is 0 Å². The molecule has 0 aliphatic carbocycles. The number of phenols is 1. The Balaban J connectivity index is 1.81. The van der Waals surface area contributed by atoms with E-state index in [0.717, 1.165) is 27.4 Å². The van der Waals surface area contributed by atoms with E-state index in [0.29, 0.717) is 4.91 Å². The van der Waals surface area contributed by atoms with Crippen LogP contribution in [0.2, 0.25) is 0 Å². The number of imide groups is 1. The van der Waals surface area contributed by atoms with Crippen LogP contribution < -0.4 is 0 Å². The van der Waals surface area contributed by atoms with Gasteiger partial charge in [-0.1, -0.05) is 40.2 Å². The van der Waals surface area contributed by atoms with Crippen LogP contribution >= 0.6 is 27.7 Å². The van der Waals surface area contributed by atoms with Gasteiger partial charge in [0, 0.05) is 4.47 Å². The Kier molecular flexibility index (Phi) is 4.54. The SMILES string of the molecule is O=C1SC(=Cc2ccc(O)cc2)C(=O)N1Cc1cccc(Br)c1. The van der Waals surface area contributed by atoms with Gasteiger partial charge in [-0.15, -0.1) is 0 Å². The second-order valence-electron chi connectivity index (χ2n) is 4.99. The fourth-order valence-electron chi connectivity index (χ4n) is 2.18. The fourth-order valence-corrected chi connectivity index (χ4v) is 3.46. The van der Waals surface area contributed by atoms with Crippen LogP contribution in [0.1, 0.15) is 11.1 Å². The van der Waals surface area contributed by atoms with Crippen LogP contribution in [0.4, 0.5) is 4.79 Å². The van der Waals surface area contributed by atoms with Gasteiger partial charge in [-0.3, -0.25) is 14.5 Å². The van der Waals surface area contributed by atoms with Crippen LogP contribution in [-0.4, -0.2) is 21.2 Å². The Morgan fingerprint density at radius 1 is 1.13 bits per heavy atom. The van der Waals surface area contributed by atoms with Gasteiger partial charge in [-0.05, 0) is 53.2 Å². The van der Waals surface area contributed by atoms with Gasteiger partial charge in [0.15, 0.2) is 0 Å². The minimum Gasteiger partial charge on any atom is -0.508 e. The first kappa shape index (κ1) is 15.8. The van der Waals surface area contributed by atoms with Gasteiger partial charge < -0.3 is 5.11 Å². The monoisotopic (exact) mass is 389 g/mol. The summed E-state index contributed by atoms with van der Waals surface area (Å²) in [6, 6.07) is 14.0. The smallest absolute Gasteiger partial charge is 0.293 e. The van der Waals surface area contributed by atoms with Crippen LogP contribution in [0.15, 0.2) is 57.9 Å². The van der Waals surface area contributed by atoms with Crippen molar-refractivity contribution in [2.75, 3.05) is 0 Å². The zero-order chi connectivity index (χ0) is 16.4. The number of hydrogen-bond donors (Lipinski definition) is 1. The van der Waals surface area contributed by atoms with E-state index in [1.807, 2.05) is 24.3 Å². The molecule has 1 aliphatic rings. The van der Waals surface area contributed by atoms with E-state index in [4.69, 9.17) is 0 Å². The molecule has 1 fully saturated rings. The van der Waals surface area contributed by atoms with E-state index in [2.05, 4.69) is 15.9 Å². The molecular weight excluding hydrogens is 378 g/mol. The minimum atomic E-state index is -0.298. The van der Waals surface area contributed by atoms with Gasteiger partial charge in [0.05, 0.1) is 11.4 Å². The Bertz CT molecular complexity index is 802. The molecule has 0 unspecified atom stereocenters. The maximum absolute atomic E-state index is 12.4. The lowest BCUT2D eigenvalue weighted by Crippen LogP contribution is -2.27. The first-order chi connectivity index (χ1) is 11.0. The highest BCUT2D eigenvalue weighted by atomic mass is 79.9. The highest BCUT2D eigenvalue weighted by molar-refractivity contribution is 9.10. The summed E-state index contributed by atoms with van der Waals surface area (Å²) in [6.07, 6.45) is 1.66. The average Bonchev–Trinajstić information content (AvgIpc) is 2.77. The Labute approximate surface area is 145 Å². The van der Waals surface area contributed by atoms with Crippen molar-refractivity contribution >= 4 is 44.9 Å². The molecule has 116 valence electrons. The molecule has 0 bridgehead atoms. The summed E-state index contributed by atoms with van der Waals surface area (Å²) >= 11 is 4.31. The normalized spacial score (nSPS) is 16.4. The Hall–Kier alpha value is -2.05. The van der Waals surface area contributed by atoms with Gasteiger partial charge in [-0.2, -0.15) is 0 Å². The predicted octanol–water partition coefficient (Wildman–Crippen LogP) is 4.39. The Morgan fingerprint density at radius 2 is 1.87 bits per heavy atom. The highest BCUT2D eigenvalue weighted by Gasteiger charge is 2.34. The molecule has 2 aromatic carbocycles. The molecule has 23 heavy (non-hydrogen) atoms. The number of aromatic hydroxyl groups is 1. The lowest BCUT2D eigenvalue weighted by molar-refractivity contribution is -0.123. The molecule has 4 nitrogen and oxygen atoms in total. The largest absolute Gasteiger partial charge is 0.508 e. The molecule has 3 rings (SSSR count). The zero-order valence-electron chi connectivity index (χ0n) is 11.9. The first-order valence-electron chi connectivity index (χ1n) is 6.82. The summed E-state index contributed by atoms with van der Waals surface area (Å²) in [5, 5.41) is 9.00. The summed E-state index contributed by atoms with van der Waals surface area (Å²) < 4.78 is 0.904. The van der Waals surface area contributed by atoms with Crippen molar-refractivity contribution < 1.29 is 14.7 Å². The summed E-state index contributed by atoms with van der Waals surface area (Å²) in [5.74, 6) is -0.141. The molecule has 6 heteroatoms. The lowest BCUT2D eigenvalue weighted by atomic mass is 10.2. The molecule has 0 spiro atoms. The molecule has 0 saturated carbocycles. The molecule has 1 saturated heterocycles. The van der Waals surface area contributed by atoms with Crippen molar-refractivity contribution in [2.45, 2.75) is 6.54 Å². The van der Waals surface area contributed by atoms with Crippen LogP contribution in [0.25, 0.3) is 6.08 Å². The lowest BCUT2D eigenvalue weighted by Gasteiger charge is -2.12. The molecule has 1 N–H and O–H groups in total. The van der Waals surface area contributed by atoms with Gasteiger partial charge in [0.1, 0.15) is 5.75 Å². The number of benzene rings is 2. The van der Waals surface area contributed by atoms with Crippen molar-refractivity contribution in [3.63, 3.8) is 0 Å². The van der Waals surface area contributed by atoms with Crippen LogP contribution in [0.5, 0.6) is 5.75 Å². The number of hydrogen-bond acceptors (Lipinski definition) is 4. The molecule has 0 radical (unpaired) electrons. The number of amides is 2. The number of carbonyl (C=O) groups is 2. The Morgan fingerprint density at radius 3 is 2.57 bits per heavy atom. The second-order valence-corrected chi connectivity index (χ2v) is 6.90. The third-order valence-corrected chi connectivity index (χ3v) is 4.69. The van der Waals surface area contributed by atoms with Crippen molar-refractivity contribution in [3.8, 4) is 5.75 Å². The summed E-state index contributed by atoms with van der Waals surface area (Å²) in [7, 11) is 0. The van der Waals surface area contributed by atoms with E-state index in [1.54, 1.807) is 18.2 Å². The molecular formula is C17H12BrNO3S. The number of halogens is 1. The topological polar surface area (TPSA) is 57.6 Å². The number of thioether (sulfide) groups is 1. The maximum Gasteiger partial charge on any atom is 0.293 e. The van der Waals surface area contributed by atoms with E-state index in [1.165, 1.54) is 17.0 Å². The van der Waals surface area contributed by atoms with E-state index in [9.17, 15) is 14.7 Å². The van der Waals surface area contributed by atoms with E-state index in [-0.39, 0.29) is 23.4 Å². The zero-order valence-corrected chi connectivity index (χ0v) is 14.3. The van der Waals surface area contributed by atoms with Gasteiger partial charge in [0.25, 0.3) is 11.1 Å². The van der Waals surface area contributed by atoms with Crippen LogP contribution in [-0.2, 0) is 11.3 Å². The average molecular weight is 390 g/mol. The van der Waals surface area contributed by atoms with Crippen molar-refractivity contribution in [2.24, 2.45) is 0 Å². The number of carbonyl (C=O) groups excluding carboxylic acids is 2. The summed E-state index contributed by atoms with van der Waals surface area (Å²) in [6.45, 7) is 0.247. The van der Waals surface area contributed by atoms with Crippen molar-refractivity contribution in [3.05, 3.63) is 69.0 Å². The molecule has 1 heterocycles. The van der Waals surface area contributed by atoms with Crippen LogP contribution in [0.3, 0.4) is 0 Å². The van der Waals surface area contributed by atoms with Crippen molar-refractivity contribution in [1.82, 2.24) is 4.90 Å². The third-order valence-electron chi connectivity index (χ3n) is 3.29. The highest BCUT2D eigenvalue weighted by Crippen LogP contribution is 2.33. The molecule has 0 atom stereocenters. The number of nitrogens with zero attached hydrogens (tertiary/aromatic N) is 1. The molecule has 2 aromatic rings. The third kappa shape index (κ3) is 3.65. The summed E-state index contributed by atoms with van der Waals surface area (Å²) in [4.78, 5) is 26.2. The van der Waals surface area contributed by atoms with Crippen molar-refractivity contribution in [1.29, 1.82) is 0 Å². The maximum atomic E-state index is 12.4. The molecule has 2 amide bonds. The minimum absolute atomic E-state index is 0.157. The van der Waals surface area contributed by atoms with Gasteiger partial charge in [-0.25, -0.2) is 0 Å². The summed E-state index contributed by atoms with van der Waals surface area (Å²) in [5.41, 5.74) is 1.64. The number of phenolic OH excluding ortho intramolecular Hbond substituents is 1. The van der Waals surface area contributed by atoms with Gasteiger partial charge >= 0.3 is 0 Å². The quantitative estimate of drug-likeness (QED) is 0.790. The standard InChI is InChI=1S/C17H12BrNO3S/c18-13-3-1-2-12(8-13)10-19-16(21)15(23-17(19)22)9-11-4-6-14(20)7-5-11/h1-9,20H,10H2. The number of rotatable bonds is 3. The second kappa shape index (κ2) is 6.60. The first-order valence-corrected chi connectivity index (χ1v) is 8.43. The molecule has 0 aromatic heterocycles. The van der Waals surface area contributed by atoms with Gasteiger partial charge in [0.2, 0.25) is 0 Å². The molecule has 1 aliphatic heterocycles. The fraction of sp³-hybridized carbons (Fsp3) is 0.0588. The predicted molar refractivity (Wildman–Crippen MR) is 93.8 cm³/mol. The van der Waals surface area contributed by atoms with Crippen LogP contribution in [0, 0.1) is 0 Å².